The monoisotopic (exact) mass is 515 g/mol. The van der Waals surface area contributed by atoms with Crippen LogP contribution in [0.1, 0.15) is 25.7 Å². The topological polar surface area (TPSA) is 86.4 Å². The van der Waals surface area contributed by atoms with Crippen molar-refractivity contribution < 1.29 is 14.6 Å². The van der Waals surface area contributed by atoms with Gasteiger partial charge in [-0.1, -0.05) is 11.6 Å². The number of aliphatic hydroxyl groups is 1. The summed E-state index contributed by atoms with van der Waals surface area (Å²) in [5.74, 6) is 0. The highest BCUT2D eigenvalue weighted by molar-refractivity contribution is 6.31. The third kappa shape index (κ3) is 5.75. The number of halogens is 3. The fourth-order valence-corrected chi connectivity index (χ4v) is 4.60. The maximum atomic E-state index is 10.2. The van der Waals surface area contributed by atoms with Crippen LogP contribution in [0.4, 0.5) is 0 Å². The Bertz CT molecular complexity index is 1080. The van der Waals surface area contributed by atoms with Crippen molar-refractivity contribution >= 4 is 47.4 Å². The van der Waals surface area contributed by atoms with Gasteiger partial charge in [0.1, 0.15) is 19.1 Å². The van der Waals surface area contributed by atoms with Gasteiger partial charge < -0.3 is 24.5 Å². The summed E-state index contributed by atoms with van der Waals surface area (Å²) in [5, 5.41) is 18.7. The van der Waals surface area contributed by atoms with Gasteiger partial charge in [0.05, 0.1) is 29.7 Å². The minimum absolute atomic E-state index is 0. The van der Waals surface area contributed by atoms with Crippen molar-refractivity contribution in [3.8, 4) is 11.1 Å². The maximum Gasteiger partial charge on any atom is 0.259 e. The molecule has 2 N–H and O–H groups in total. The Morgan fingerprint density at radius 3 is 2.82 bits per heavy atom. The van der Waals surface area contributed by atoms with Crippen LogP contribution in [-0.4, -0.2) is 49.4 Å². The summed E-state index contributed by atoms with van der Waals surface area (Å²) in [6, 6.07) is 4.02. The molecule has 8 nitrogen and oxygen atoms in total. The SMILES string of the molecule is Cl.Cl.O[C@H]1CCCN[C@@H]1CCCn1cnc2cc(Cl)cc(-c3cnn(CC4OC=CO4)c3)c21. The van der Waals surface area contributed by atoms with Gasteiger partial charge in [0.25, 0.3) is 6.29 Å². The summed E-state index contributed by atoms with van der Waals surface area (Å²) < 4.78 is 14.7. The van der Waals surface area contributed by atoms with Crippen LogP contribution in [0.2, 0.25) is 5.02 Å². The number of rotatable bonds is 7. The molecular formula is C22H28Cl3N5O3. The summed E-state index contributed by atoms with van der Waals surface area (Å²) in [6.07, 6.45) is 11.9. The van der Waals surface area contributed by atoms with E-state index in [1.165, 1.54) is 12.5 Å². The predicted octanol–water partition coefficient (Wildman–Crippen LogP) is 4.13. The third-order valence-electron chi connectivity index (χ3n) is 5.94. The summed E-state index contributed by atoms with van der Waals surface area (Å²) in [6.45, 7) is 2.29. The Morgan fingerprint density at radius 2 is 2.03 bits per heavy atom. The Morgan fingerprint density at radius 1 is 1.21 bits per heavy atom. The fourth-order valence-electron chi connectivity index (χ4n) is 4.39. The fraction of sp³-hybridized carbons (Fsp3) is 0.455. The second kappa shape index (κ2) is 11.4. The number of hydrogen-bond acceptors (Lipinski definition) is 6. The summed E-state index contributed by atoms with van der Waals surface area (Å²) >= 11 is 6.39. The average molecular weight is 517 g/mol. The Balaban J connectivity index is 0.00000153. The van der Waals surface area contributed by atoms with E-state index in [-0.39, 0.29) is 43.2 Å². The predicted molar refractivity (Wildman–Crippen MR) is 132 cm³/mol. The van der Waals surface area contributed by atoms with Gasteiger partial charge in [0.2, 0.25) is 0 Å². The summed E-state index contributed by atoms with van der Waals surface area (Å²) in [5.41, 5.74) is 3.85. The number of imidazole rings is 1. The van der Waals surface area contributed by atoms with Crippen LogP contribution in [0, 0.1) is 0 Å². The van der Waals surface area contributed by atoms with Gasteiger partial charge in [-0.3, -0.25) is 4.68 Å². The number of fused-ring (bicyclic) bond motifs is 1. The molecule has 1 aromatic carbocycles. The van der Waals surface area contributed by atoms with E-state index in [1.807, 2.05) is 30.9 Å². The zero-order chi connectivity index (χ0) is 21.2. The van der Waals surface area contributed by atoms with Crippen molar-refractivity contribution in [1.29, 1.82) is 0 Å². The first-order valence-electron chi connectivity index (χ1n) is 10.7. The summed E-state index contributed by atoms with van der Waals surface area (Å²) in [4.78, 5) is 4.57. The Kier molecular flexibility index (Phi) is 8.89. The van der Waals surface area contributed by atoms with Crippen LogP contribution >= 0.6 is 36.4 Å². The molecule has 5 rings (SSSR count). The largest absolute Gasteiger partial charge is 0.457 e. The third-order valence-corrected chi connectivity index (χ3v) is 6.15. The van der Waals surface area contributed by atoms with E-state index in [4.69, 9.17) is 21.1 Å². The standard InChI is InChI=1S/C22H26ClN5O3.2ClH/c23-16-9-17(15-11-26-28(12-15)13-21-30-7-8-31-21)22-19(10-16)25-14-27(22)6-2-3-18-20(29)4-1-5-24-18;;/h7-12,14,18,20-21,24,29H,1-6,13H2;2*1H/t18-,20+;;/m1../s1. The number of nitrogens with one attached hydrogen (secondary N) is 1. The molecule has 2 aliphatic rings. The Hall–Kier alpha value is -1.97. The lowest BCUT2D eigenvalue weighted by molar-refractivity contribution is -0.0364. The van der Waals surface area contributed by atoms with Crippen molar-refractivity contribution in [3.05, 3.63) is 48.4 Å². The number of piperidine rings is 1. The molecule has 0 radical (unpaired) electrons. The first kappa shape index (κ1) is 25.6. The van der Waals surface area contributed by atoms with E-state index in [9.17, 15) is 5.11 Å². The molecule has 180 valence electrons. The van der Waals surface area contributed by atoms with Gasteiger partial charge in [-0.25, -0.2) is 4.98 Å². The average Bonchev–Trinajstić information content (AvgIpc) is 3.51. The number of aliphatic hydroxyl groups excluding tert-OH is 1. The molecule has 1 fully saturated rings. The molecule has 2 aromatic heterocycles. The molecule has 0 aliphatic carbocycles. The highest BCUT2D eigenvalue weighted by Gasteiger charge is 2.22. The minimum Gasteiger partial charge on any atom is -0.457 e. The number of nitrogens with zero attached hydrogens (tertiary/aromatic N) is 4. The van der Waals surface area contributed by atoms with Crippen molar-refractivity contribution in [1.82, 2.24) is 24.6 Å². The number of hydrogen-bond donors (Lipinski definition) is 2. The molecule has 11 heteroatoms. The lowest BCUT2D eigenvalue weighted by Crippen LogP contribution is -2.44. The van der Waals surface area contributed by atoms with Crippen LogP contribution in [0.3, 0.4) is 0 Å². The smallest absolute Gasteiger partial charge is 0.259 e. The molecule has 0 spiro atoms. The molecule has 0 saturated carbocycles. The van der Waals surface area contributed by atoms with Gasteiger partial charge in [-0.15, -0.1) is 24.8 Å². The lowest BCUT2D eigenvalue weighted by Gasteiger charge is -2.29. The van der Waals surface area contributed by atoms with Crippen molar-refractivity contribution in [2.24, 2.45) is 0 Å². The number of aryl methyl sites for hydroxylation is 1. The zero-order valence-corrected chi connectivity index (χ0v) is 20.4. The van der Waals surface area contributed by atoms with Gasteiger partial charge in [-0.05, 0) is 44.4 Å². The highest BCUT2D eigenvalue weighted by Crippen LogP contribution is 2.32. The minimum atomic E-state index is -0.360. The van der Waals surface area contributed by atoms with Gasteiger partial charge in [-0.2, -0.15) is 5.10 Å². The molecule has 1 saturated heterocycles. The first-order valence-corrected chi connectivity index (χ1v) is 11.1. The van der Waals surface area contributed by atoms with Crippen LogP contribution in [0.5, 0.6) is 0 Å². The van der Waals surface area contributed by atoms with Crippen molar-refractivity contribution in [2.45, 2.75) is 57.2 Å². The van der Waals surface area contributed by atoms with E-state index in [0.29, 0.717) is 11.6 Å². The van der Waals surface area contributed by atoms with Crippen molar-refractivity contribution in [2.75, 3.05) is 6.54 Å². The molecule has 3 aromatic rings. The maximum absolute atomic E-state index is 10.2. The van der Waals surface area contributed by atoms with Crippen LogP contribution in [0.25, 0.3) is 22.2 Å². The number of benzene rings is 1. The van der Waals surface area contributed by atoms with E-state index < -0.39 is 0 Å². The first-order chi connectivity index (χ1) is 15.2. The van der Waals surface area contributed by atoms with E-state index in [0.717, 1.165) is 60.9 Å². The quantitative estimate of drug-likeness (QED) is 0.491. The van der Waals surface area contributed by atoms with Crippen LogP contribution in [-0.2, 0) is 22.6 Å². The van der Waals surface area contributed by atoms with Crippen LogP contribution < -0.4 is 5.32 Å². The number of aromatic nitrogens is 4. The lowest BCUT2D eigenvalue weighted by atomic mass is 9.97. The number of ether oxygens (including phenoxy) is 2. The second-order valence-corrected chi connectivity index (χ2v) is 8.53. The Labute approximate surface area is 209 Å². The van der Waals surface area contributed by atoms with Crippen LogP contribution in [0.15, 0.2) is 43.4 Å². The normalized spacial score (nSPS) is 20.2. The molecule has 0 amide bonds. The molecule has 0 bridgehead atoms. The molecule has 4 heterocycles. The van der Waals surface area contributed by atoms with E-state index in [1.54, 1.807) is 4.68 Å². The molecule has 33 heavy (non-hydrogen) atoms. The summed E-state index contributed by atoms with van der Waals surface area (Å²) in [7, 11) is 0. The van der Waals surface area contributed by atoms with Crippen molar-refractivity contribution in [3.63, 3.8) is 0 Å². The van der Waals surface area contributed by atoms with Gasteiger partial charge in [0.15, 0.2) is 0 Å². The highest BCUT2D eigenvalue weighted by atomic mass is 35.5. The zero-order valence-electron chi connectivity index (χ0n) is 18.0. The van der Waals surface area contributed by atoms with Gasteiger partial charge in [0, 0.05) is 34.9 Å². The molecular weight excluding hydrogens is 489 g/mol. The molecule has 2 atom stereocenters. The second-order valence-electron chi connectivity index (χ2n) is 8.10. The molecule has 0 unspecified atom stereocenters. The molecule has 2 aliphatic heterocycles. The van der Waals surface area contributed by atoms with Gasteiger partial charge >= 0.3 is 0 Å². The van der Waals surface area contributed by atoms with E-state index in [2.05, 4.69) is 20.0 Å². The van der Waals surface area contributed by atoms with E-state index >= 15 is 0 Å².